The van der Waals surface area contributed by atoms with Crippen molar-refractivity contribution in [2.24, 2.45) is 0 Å². The molecule has 0 spiro atoms. The average molecular weight is 341 g/mol. The van der Waals surface area contributed by atoms with Crippen LogP contribution in [-0.2, 0) is 11.3 Å². The largest absolute Gasteiger partial charge is 0.465 e. The number of benzene rings is 2. The smallest absolute Gasteiger partial charge is 0.337 e. The lowest BCUT2D eigenvalue weighted by Gasteiger charge is -2.20. The summed E-state index contributed by atoms with van der Waals surface area (Å²) in [6.45, 7) is 3.01. The van der Waals surface area contributed by atoms with E-state index in [9.17, 15) is 4.79 Å². The molecule has 3 rings (SSSR count). The first-order valence-corrected chi connectivity index (χ1v) is 8.75. The molecule has 5 heteroatoms. The van der Waals surface area contributed by atoms with Gasteiger partial charge < -0.3 is 9.64 Å². The van der Waals surface area contributed by atoms with Crippen LogP contribution in [0.5, 0.6) is 0 Å². The number of esters is 1. The second-order valence-corrected chi connectivity index (χ2v) is 7.02. The standard InChI is InChI=1S/C19H20N2O2S/c1-13(18-20-16-9-4-5-10-17(16)24-18)21(2)12-14-7-6-8-15(11-14)19(22)23-3/h4-11,13H,12H2,1-3H3/p+1/t13-/m0/s1. The molecule has 124 valence electrons. The highest BCUT2D eigenvalue weighted by molar-refractivity contribution is 7.18. The van der Waals surface area contributed by atoms with Gasteiger partial charge in [0.15, 0.2) is 5.01 Å². The predicted octanol–water partition coefficient (Wildman–Crippen LogP) is 2.86. The Labute approximate surface area is 145 Å². The second-order valence-electron chi connectivity index (χ2n) is 5.96. The fourth-order valence-corrected chi connectivity index (χ4v) is 3.80. The molecule has 0 radical (unpaired) electrons. The molecule has 1 N–H and O–H groups in total. The van der Waals surface area contributed by atoms with Gasteiger partial charge in [0.1, 0.15) is 12.6 Å². The maximum Gasteiger partial charge on any atom is 0.337 e. The van der Waals surface area contributed by atoms with E-state index in [1.807, 2.05) is 30.3 Å². The number of carbonyl (C=O) groups excluding carboxylic acids is 1. The van der Waals surface area contributed by atoms with E-state index in [0.717, 1.165) is 22.6 Å². The van der Waals surface area contributed by atoms with E-state index in [0.29, 0.717) is 5.56 Å². The molecule has 1 unspecified atom stereocenters. The Kier molecular flexibility index (Phi) is 4.92. The van der Waals surface area contributed by atoms with E-state index in [-0.39, 0.29) is 12.0 Å². The summed E-state index contributed by atoms with van der Waals surface area (Å²) in [5.41, 5.74) is 2.77. The van der Waals surface area contributed by atoms with Gasteiger partial charge in [0.2, 0.25) is 0 Å². The number of quaternary nitrogens is 1. The Morgan fingerprint density at radius 1 is 1.25 bits per heavy atom. The van der Waals surface area contributed by atoms with Crippen LogP contribution in [0, 0.1) is 0 Å². The summed E-state index contributed by atoms with van der Waals surface area (Å²) in [5.74, 6) is -0.297. The van der Waals surface area contributed by atoms with E-state index in [1.165, 1.54) is 16.7 Å². The number of thiazole rings is 1. The van der Waals surface area contributed by atoms with Gasteiger partial charge in [-0.25, -0.2) is 9.78 Å². The van der Waals surface area contributed by atoms with Gasteiger partial charge in [-0.2, -0.15) is 0 Å². The van der Waals surface area contributed by atoms with E-state index in [2.05, 4.69) is 26.1 Å². The fourth-order valence-electron chi connectivity index (χ4n) is 2.69. The van der Waals surface area contributed by atoms with Crippen LogP contribution < -0.4 is 4.90 Å². The van der Waals surface area contributed by atoms with Crippen molar-refractivity contribution < 1.29 is 14.4 Å². The van der Waals surface area contributed by atoms with Crippen LogP contribution in [-0.4, -0.2) is 25.1 Å². The first kappa shape index (κ1) is 16.6. The average Bonchev–Trinajstić information content (AvgIpc) is 3.04. The Hall–Kier alpha value is -2.24. The lowest BCUT2D eigenvalue weighted by atomic mass is 10.1. The van der Waals surface area contributed by atoms with Gasteiger partial charge in [0.05, 0.1) is 29.9 Å². The summed E-state index contributed by atoms with van der Waals surface area (Å²) in [6.07, 6.45) is 0. The molecule has 0 bridgehead atoms. The highest BCUT2D eigenvalue weighted by Crippen LogP contribution is 2.24. The molecule has 1 aromatic heterocycles. The van der Waals surface area contributed by atoms with Crippen LogP contribution in [0.2, 0.25) is 0 Å². The van der Waals surface area contributed by atoms with Gasteiger partial charge in [0.25, 0.3) is 0 Å². The van der Waals surface area contributed by atoms with Gasteiger partial charge in [-0.1, -0.05) is 24.3 Å². The minimum absolute atomic E-state index is 0.282. The van der Waals surface area contributed by atoms with Crippen LogP contribution in [0.3, 0.4) is 0 Å². The van der Waals surface area contributed by atoms with Crippen molar-refractivity contribution in [1.82, 2.24) is 4.98 Å². The van der Waals surface area contributed by atoms with E-state index in [4.69, 9.17) is 9.72 Å². The molecule has 0 fully saturated rings. The Balaban J connectivity index is 1.76. The number of para-hydroxylation sites is 1. The summed E-state index contributed by atoms with van der Waals surface area (Å²) >= 11 is 1.75. The zero-order valence-corrected chi connectivity index (χ0v) is 14.9. The normalized spacial score (nSPS) is 13.6. The minimum Gasteiger partial charge on any atom is -0.465 e. The molecule has 2 atom stereocenters. The van der Waals surface area contributed by atoms with Crippen molar-refractivity contribution in [1.29, 1.82) is 0 Å². The first-order chi connectivity index (χ1) is 11.6. The molecule has 0 aliphatic carbocycles. The minimum atomic E-state index is -0.297. The summed E-state index contributed by atoms with van der Waals surface area (Å²) in [5, 5.41) is 1.14. The fraction of sp³-hybridized carbons (Fsp3) is 0.263. The van der Waals surface area contributed by atoms with Crippen molar-refractivity contribution in [3.05, 3.63) is 64.7 Å². The lowest BCUT2D eigenvalue weighted by Crippen LogP contribution is -3.07. The maximum absolute atomic E-state index is 11.7. The molecular weight excluding hydrogens is 320 g/mol. The zero-order valence-electron chi connectivity index (χ0n) is 14.1. The lowest BCUT2D eigenvalue weighted by molar-refractivity contribution is -0.923. The summed E-state index contributed by atoms with van der Waals surface area (Å²) < 4.78 is 6.01. The molecular formula is C19H21N2O2S+. The SMILES string of the molecule is COC(=O)c1cccc(C[NH+](C)[C@@H](C)c2nc3ccccc3s2)c1. The number of aromatic nitrogens is 1. The highest BCUT2D eigenvalue weighted by atomic mass is 32.1. The van der Waals surface area contributed by atoms with Gasteiger partial charge in [-0.05, 0) is 31.2 Å². The number of hydrogen-bond acceptors (Lipinski definition) is 4. The monoisotopic (exact) mass is 341 g/mol. The van der Waals surface area contributed by atoms with Crippen molar-refractivity contribution in [3.8, 4) is 0 Å². The molecule has 0 aliphatic rings. The molecule has 0 saturated carbocycles. The van der Waals surface area contributed by atoms with Crippen LogP contribution in [0.1, 0.15) is 33.9 Å². The van der Waals surface area contributed by atoms with Gasteiger partial charge in [-0.3, -0.25) is 0 Å². The number of fused-ring (bicyclic) bond motifs is 1. The second kappa shape index (κ2) is 7.11. The topological polar surface area (TPSA) is 43.6 Å². The van der Waals surface area contributed by atoms with Gasteiger partial charge in [0, 0.05) is 5.56 Å². The first-order valence-electron chi connectivity index (χ1n) is 7.93. The van der Waals surface area contributed by atoms with Crippen molar-refractivity contribution in [2.45, 2.75) is 19.5 Å². The third-order valence-electron chi connectivity index (χ3n) is 4.25. The molecule has 0 aliphatic heterocycles. The van der Waals surface area contributed by atoms with Crippen molar-refractivity contribution in [2.75, 3.05) is 14.2 Å². The van der Waals surface area contributed by atoms with E-state index < -0.39 is 0 Å². The van der Waals surface area contributed by atoms with Crippen LogP contribution in [0.4, 0.5) is 0 Å². The van der Waals surface area contributed by atoms with Gasteiger partial charge in [-0.15, -0.1) is 11.3 Å². The Morgan fingerprint density at radius 3 is 2.79 bits per heavy atom. The number of carbonyl (C=O) groups is 1. The number of nitrogens with zero attached hydrogens (tertiary/aromatic N) is 1. The molecule has 0 amide bonds. The molecule has 1 heterocycles. The molecule has 0 saturated heterocycles. The quantitative estimate of drug-likeness (QED) is 0.726. The van der Waals surface area contributed by atoms with Crippen LogP contribution in [0.25, 0.3) is 10.2 Å². The summed E-state index contributed by atoms with van der Waals surface area (Å²) in [4.78, 5) is 17.8. The number of rotatable bonds is 5. The number of methoxy groups -OCH3 is 1. The molecule has 2 aromatic carbocycles. The molecule has 24 heavy (non-hydrogen) atoms. The van der Waals surface area contributed by atoms with Crippen LogP contribution in [0.15, 0.2) is 48.5 Å². The van der Waals surface area contributed by atoms with Crippen molar-refractivity contribution in [3.63, 3.8) is 0 Å². The third kappa shape index (κ3) is 3.47. The van der Waals surface area contributed by atoms with E-state index in [1.54, 1.807) is 17.4 Å². The number of ether oxygens (including phenoxy) is 1. The van der Waals surface area contributed by atoms with Gasteiger partial charge >= 0.3 is 5.97 Å². The molecule has 4 nitrogen and oxygen atoms in total. The highest BCUT2D eigenvalue weighted by Gasteiger charge is 2.20. The number of nitrogens with one attached hydrogen (secondary N) is 1. The summed E-state index contributed by atoms with van der Waals surface area (Å²) in [6, 6.07) is 16.1. The summed E-state index contributed by atoms with van der Waals surface area (Å²) in [7, 11) is 3.56. The van der Waals surface area contributed by atoms with Crippen molar-refractivity contribution >= 4 is 27.5 Å². The zero-order chi connectivity index (χ0) is 17.1. The van der Waals surface area contributed by atoms with Crippen LogP contribution >= 0.6 is 11.3 Å². The number of hydrogen-bond donors (Lipinski definition) is 1. The van der Waals surface area contributed by atoms with E-state index >= 15 is 0 Å². The maximum atomic E-state index is 11.7. The molecule has 3 aromatic rings. The Bertz CT molecular complexity index is 826. The predicted molar refractivity (Wildman–Crippen MR) is 96.4 cm³/mol. The third-order valence-corrected chi connectivity index (χ3v) is 5.47. The Morgan fingerprint density at radius 2 is 2.04 bits per heavy atom.